The van der Waals surface area contributed by atoms with Crippen molar-refractivity contribution in [2.45, 2.75) is 57.2 Å². The van der Waals surface area contributed by atoms with Crippen molar-refractivity contribution in [1.29, 1.82) is 0 Å². The molecule has 2 atom stereocenters. The highest BCUT2D eigenvalue weighted by atomic mass is 32.2. The molecule has 1 N–H and O–H groups in total. The molecule has 0 aliphatic carbocycles. The first-order valence-electron chi connectivity index (χ1n) is 7.78. The number of rotatable bonds is 4. The highest BCUT2D eigenvalue weighted by molar-refractivity contribution is 7.90. The third-order valence-corrected chi connectivity index (χ3v) is 6.13. The van der Waals surface area contributed by atoms with Gasteiger partial charge < -0.3 is 4.42 Å². The molecule has 0 spiro atoms. The van der Waals surface area contributed by atoms with Crippen LogP contribution in [0.25, 0.3) is 0 Å². The molecular formula is C15H27N3O3S. The third-order valence-electron chi connectivity index (χ3n) is 4.30. The summed E-state index contributed by atoms with van der Waals surface area (Å²) in [7, 11) is -1.76. The van der Waals surface area contributed by atoms with Gasteiger partial charge in [-0.3, -0.25) is 4.90 Å². The maximum atomic E-state index is 12.0. The lowest BCUT2D eigenvalue weighted by Crippen LogP contribution is -2.46. The molecule has 2 heterocycles. The van der Waals surface area contributed by atoms with Gasteiger partial charge in [0.1, 0.15) is 5.76 Å². The molecule has 0 bridgehead atoms. The fourth-order valence-electron chi connectivity index (χ4n) is 2.72. The Labute approximate surface area is 133 Å². The van der Waals surface area contributed by atoms with Crippen molar-refractivity contribution in [3.8, 4) is 0 Å². The van der Waals surface area contributed by atoms with Crippen LogP contribution in [0.1, 0.15) is 58.2 Å². The van der Waals surface area contributed by atoms with Crippen molar-refractivity contribution >= 4 is 10.0 Å². The number of hydrogen-bond donors (Lipinski definition) is 1. The van der Waals surface area contributed by atoms with Gasteiger partial charge in [-0.25, -0.2) is 18.1 Å². The molecule has 0 unspecified atom stereocenters. The van der Waals surface area contributed by atoms with E-state index in [0.29, 0.717) is 18.9 Å². The molecule has 0 radical (unpaired) electrons. The van der Waals surface area contributed by atoms with Crippen molar-refractivity contribution in [1.82, 2.24) is 14.6 Å². The van der Waals surface area contributed by atoms with Crippen LogP contribution in [-0.2, 0) is 15.4 Å². The van der Waals surface area contributed by atoms with Crippen molar-refractivity contribution in [2.24, 2.45) is 0 Å². The Balaban J connectivity index is 2.12. The molecule has 1 fully saturated rings. The van der Waals surface area contributed by atoms with Gasteiger partial charge in [-0.2, -0.15) is 0 Å². The Morgan fingerprint density at radius 3 is 2.68 bits per heavy atom. The van der Waals surface area contributed by atoms with E-state index in [1.165, 1.54) is 7.05 Å². The van der Waals surface area contributed by atoms with Crippen LogP contribution >= 0.6 is 0 Å². The lowest BCUT2D eigenvalue weighted by Gasteiger charge is -2.35. The lowest BCUT2D eigenvalue weighted by molar-refractivity contribution is 0.151. The molecule has 7 heteroatoms. The van der Waals surface area contributed by atoms with Crippen molar-refractivity contribution in [2.75, 3.05) is 20.1 Å². The molecule has 1 aliphatic heterocycles. The summed E-state index contributed by atoms with van der Waals surface area (Å²) >= 11 is 0. The standard InChI is InChI=1S/C15H27N3O3S/c1-11(14-17-9-13(21-14)15(2,3)4)18-8-6-7-12(10-18)22(19,20)16-5/h9,11-12,16H,6-8,10H2,1-5H3/t11-,12-/m0/s1. The minimum Gasteiger partial charge on any atom is -0.443 e. The van der Waals surface area contributed by atoms with E-state index in [0.717, 1.165) is 18.7 Å². The molecule has 1 aromatic rings. The highest BCUT2D eigenvalue weighted by Crippen LogP contribution is 2.29. The van der Waals surface area contributed by atoms with Gasteiger partial charge in [0, 0.05) is 12.0 Å². The second-order valence-corrected chi connectivity index (χ2v) is 9.16. The van der Waals surface area contributed by atoms with Crippen molar-refractivity contribution in [3.05, 3.63) is 17.8 Å². The SMILES string of the molecule is CNS(=O)(=O)[C@H]1CCCN([C@@H](C)c2ncc(C(C)(C)C)o2)C1. The second-order valence-electron chi connectivity index (χ2n) is 7.00. The molecule has 126 valence electrons. The number of aromatic nitrogens is 1. The summed E-state index contributed by atoms with van der Waals surface area (Å²) in [5.74, 6) is 1.51. The summed E-state index contributed by atoms with van der Waals surface area (Å²) in [6.07, 6.45) is 3.34. The van der Waals surface area contributed by atoms with E-state index in [-0.39, 0.29) is 16.7 Å². The smallest absolute Gasteiger partial charge is 0.215 e. The molecule has 2 rings (SSSR count). The van der Waals surface area contributed by atoms with Gasteiger partial charge in [0.2, 0.25) is 15.9 Å². The Bertz CT molecular complexity index is 604. The molecule has 22 heavy (non-hydrogen) atoms. The van der Waals surface area contributed by atoms with Gasteiger partial charge in [-0.05, 0) is 33.4 Å². The van der Waals surface area contributed by atoms with E-state index < -0.39 is 10.0 Å². The summed E-state index contributed by atoms with van der Waals surface area (Å²) in [5.41, 5.74) is -0.0785. The normalized spacial score (nSPS) is 22.7. The molecule has 1 aliphatic rings. The first-order chi connectivity index (χ1) is 10.1. The van der Waals surface area contributed by atoms with Crippen LogP contribution in [0.5, 0.6) is 0 Å². The van der Waals surface area contributed by atoms with Crippen LogP contribution < -0.4 is 4.72 Å². The highest BCUT2D eigenvalue weighted by Gasteiger charge is 2.33. The molecule has 0 aromatic carbocycles. The summed E-state index contributed by atoms with van der Waals surface area (Å²) < 4.78 is 32.4. The predicted octanol–water partition coefficient (Wildman–Crippen LogP) is 2.05. The zero-order chi connectivity index (χ0) is 16.5. The number of likely N-dealkylation sites (tertiary alicyclic amines) is 1. The first kappa shape index (κ1) is 17.4. The Kier molecular flexibility index (Phi) is 4.99. The lowest BCUT2D eigenvalue weighted by atomic mass is 9.94. The molecule has 1 aromatic heterocycles. The average Bonchev–Trinajstić information content (AvgIpc) is 2.96. The van der Waals surface area contributed by atoms with Crippen LogP contribution in [0.2, 0.25) is 0 Å². The number of piperidine rings is 1. The van der Waals surface area contributed by atoms with E-state index >= 15 is 0 Å². The van der Waals surface area contributed by atoms with Crippen LogP contribution in [0.15, 0.2) is 10.6 Å². The summed E-state index contributed by atoms with van der Waals surface area (Å²) in [6, 6.07) is -0.0223. The maximum absolute atomic E-state index is 12.0. The number of sulfonamides is 1. The maximum Gasteiger partial charge on any atom is 0.215 e. The van der Waals surface area contributed by atoms with Crippen LogP contribution in [0.4, 0.5) is 0 Å². The van der Waals surface area contributed by atoms with Crippen molar-refractivity contribution < 1.29 is 12.8 Å². The zero-order valence-corrected chi connectivity index (χ0v) is 14.9. The first-order valence-corrected chi connectivity index (χ1v) is 9.32. The fraction of sp³-hybridized carbons (Fsp3) is 0.800. The van der Waals surface area contributed by atoms with E-state index in [1.807, 2.05) is 6.92 Å². The van der Waals surface area contributed by atoms with Gasteiger partial charge in [0.05, 0.1) is 17.5 Å². The Morgan fingerprint density at radius 2 is 2.14 bits per heavy atom. The monoisotopic (exact) mass is 329 g/mol. The second kappa shape index (κ2) is 6.29. The Morgan fingerprint density at radius 1 is 1.45 bits per heavy atom. The molecule has 6 nitrogen and oxygen atoms in total. The average molecular weight is 329 g/mol. The fourth-order valence-corrected chi connectivity index (χ4v) is 3.92. The zero-order valence-electron chi connectivity index (χ0n) is 14.1. The van der Waals surface area contributed by atoms with E-state index in [4.69, 9.17) is 4.42 Å². The van der Waals surface area contributed by atoms with Gasteiger partial charge in [-0.15, -0.1) is 0 Å². The van der Waals surface area contributed by atoms with Gasteiger partial charge >= 0.3 is 0 Å². The van der Waals surface area contributed by atoms with Crippen LogP contribution in [-0.4, -0.2) is 43.7 Å². The van der Waals surface area contributed by atoms with Crippen LogP contribution in [0.3, 0.4) is 0 Å². The quantitative estimate of drug-likeness (QED) is 0.915. The van der Waals surface area contributed by atoms with Crippen LogP contribution in [0, 0.1) is 0 Å². The molecule has 1 saturated heterocycles. The topological polar surface area (TPSA) is 75.4 Å². The number of nitrogens with one attached hydrogen (secondary N) is 1. The minimum absolute atomic E-state index is 0.0223. The summed E-state index contributed by atoms with van der Waals surface area (Å²) in [5, 5.41) is -0.370. The van der Waals surface area contributed by atoms with Gasteiger partial charge in [-0.1, -0.05) is 20.8 Å². The summed E-state index contributed by atoms with van der Waals surface area (Å²) in [4.78, 5) is 6.53. The largest absolute Gasteiger partial charge is 0.443 e. The summed E-state index contributed by atoms with van der Waals surface area (Å²) in [6.45, 7) is 9.64. The molecule has 0 amide bonds. The number of oxazole rings is 1. The number of nitrogens with zero attached hydrogens (tertiary/aromatic N) is 2. The van der Waals surface area contributed by atoms with E-state index in [9.17, 15) is 8.42 Å². The van der Waals surface area contributed by atoms with Crippen molar-refractivity contribution in [3.63, 3.8) is 0 Å². The molecule has 0 saturated carbocycles. The number of hydrogen-bond acceptors (Lipinski definition) is 5. The van der Waals surface area contributed by atoms with E-state index in [2.05, 4.69) is 35.4 Å². The molecular weight excluding hydrogens is 302 g/mol. The minimum atomic E-state index is -3.23. The predicted molar refractivity (Wildman–Crippen MR) is 86.2 cm³/mol. The van der Waals surface area contributed by atoms with Gasteiger partial charge in [0.15, 0.2) is 0 Å². The Hall–Kier alpha value is -0.920. The third kappa shape index (κ3) is 3.70. The van der Waals surface area contributed by atoms with Gasteiger partial charge in [0.25, 0.3) is 0 Å². The van der Waals surface area contributed by atoms with E-state index in [1.54, 1.807) is 6.20 Å².